The van der Waals surface area contributed by atoms with Gasteiger partial charge in [-0.1, -0.05) is 0 Å². The Morgan fingerprint density at radius 2 is 1.12 bits per heavy atom. The van der Waals surface area contributed by atoms with Crippen molar-refractivity contribution in [2.45, 2.75) is 62.5 Å². The van der Waals surface area contributed by atoms with E-state index in [0.717, 1.165) is 0 Å². The Balaban J connectivity index is 4.70. The molecule has 24 heavy (non-hydrogen) atoms. The van der Waals surface area contributed by atoms with Gasteiger partial charge in [0, 0.05) is 0 Å². The van der Waals surface area contributed by atoms with Gasteiger partial charge in [0.25, 0.3) is 10.1 Å². The summed E-state index contributed by atoms with van der Waals surface area (Å²) in [5.41, 5.74) is 0. The molecule has 0 amide bonds. The molecule has 7 unspecified atom stereocenters. The second kappa shape index (κ2) is 10.4. The maximum absolute atomic E-state index is 13.4. The van der Waals surface area contributed by atoms with Crippen LogP contribution in [0, 0.1) is 0 Å². The standard InChI is InChI=1S/C12H18F8O3S/c13-4-2-1-3-6(14)8(16)10(18)12(20)11(19)9(17)7(15)5-24(21,22)23/h6-12H,1-5H2,(H,21,22,23). The van der Waals surface area contributed by atoms with Crippen LogP contribution in [0.15, 0.2) is 0 Å². The van der Waals surface area contributed by atoms with Crippen molar-refractivity contribution in [3.63, 3.8) is 0 Å². The first-order chi connectivity index (χ1) is 10.9. The Hall–Kier alpha value is -0.650. The maximum Gasteiger partial charge on any atom is 0.267 e. The highest BCUT2D eigenvalue weighted by molar-refractivity contribution is 7.85. The summed E-state index contributed by atoms with van der Waals surface area (Å²) in [6.07, 6.45) is -24.3. The zero-order valence-corrected chi connectivity index (χ0v) is 13.1. The molecule has 0 fully saturated rings. The molecule has 0 aliphatic rings. The van der Waals surface area contributed by atoms with Crippen LogP contribution < -0.4 is 0 Å². The summed E-state index contributed by atoms with van der Waals surface area (Å²) >= 11 is 0. The fourth-order valence-electron chi connectivity index (χ4n) is 1.81. The molecule has 0 rings (SSSR count). The Morgan fingerprint density at radius 3 is 1.54 bits per heavy atom. The van der Waals surface area contributed by atoms with Crippen molar-refractivity contribution >= 4 is 10.1 Å². The molecule has 0 saturated heterocycles. The Kier molecular flexibility index (Phi) is 10.1. The first kappa shape index (κ1) is 23.4. The van der Waals surface area contributed by atoms with Crippen molar-refractivity contribution in [2.24, 2.45) is 0 Å². The second-order valence-corrected chi connectivity index (χ2v) is 6.68. The molecule has 0 heterocycles. The molecule has 0 aromatic carbocycles. The van der Waals surface area contributed by atoms with Crippen molar-refractivity contribution in [3.8, 4) is 0 Å². The van der Waals surface area contributed by atoms with Gasteiger partial charge in [-0.25, -0.2) is 30.7 Å². The minimum Gasteiger partial charge on any atom is -0.285 e. The molecule has 0 aliphatic carbocycles. The van der Waals surface area contributed by atoms with E-state index >= 15 is 0 Å². The maximum atomic E-state index is 13.4. The Morgan fingerprint density at radius 1 is 0.708 bits per heavy atom. The highest BCUT2D eigenvalue weighted by Crippen LogP contribution is 2.27. The average Bonchev–Trinajstić information content (AvgIpc) is 2.49. The molecule has 7 atom stereocenters. The molecule has 0 aromatic rings. The largest absolute Gasteiger partial charge is 0.285 e. The van der Waals surface area contributed by atoms with Crippen LogP contribution in [-0.4, -0.2) is 68.6 Å². The van der Waals surface area contributed by atoms with Gasteiger partial charge in [-0.3, -0.25) is 8.94 Å². The van der Waals surface area contributed by atoms with Crippen molar-refractivity contribution in [1.29, 1.82) is 0 Å². The number of hydrogen-bond donors (Lipinski definition) is 1. The van der Waals surface area contributed by atoms with Crippen LogP contribution >= 0.6 is 0 Å². The monoisotopic (exact) mass is 394 g/mol. The fraction of sp³-hybridized carbons (Fsp3) is 1.00. The molecule has 0 saturated carbocycles. The van der Waals surface area contributed by atoms with Crippen molar-refractivity contribution < 1.29 is 48.1 Å². The molecule has 1 N–H and O–H groups in total. The first-order valence-electron chi connectivity index (χ1n) is 6.92. The van der Waals surface area contributed by atoms with Crippen LogP contribution in [-0.2, 0) is 10.1 Å². The minimum absolute atomic E-state index is 0.152. The quantitative estimate of drug-likeness (QED) is 0.314. The third kappa shape index (κ3) is 7.95. The SMILES string of the molecule is O=S(=O)(O)CC(F)C(F)C(F)C(F)C(F)C(F)C(F)CCCCF. The van der Waals surface area contributed by atoms with Gasteiger partial charge in [0.1, 0.15) is 11.9 Å². The molecule has 0 aromatic heterocycles. The molecule has 12 heteroatoms. The molecule has 0 spiro atoms. The van der Waals surface area contributed by atoms with Crippen LogP contribution in [0.2, 0.25) is 0 Å². The summed E-state index contributed by atoms with van der Waals surface area (Å²) in [7, 11) is -5.05. The van der Waals surface area contributed by atoms with Gasteiger partial charge in [0.2, 0.25) is 0 Å². The van der Waals surface area contributed by atoms with Gasteiger partial charge in [-0.05, 0) is 19.3 Å². The van der Waals surface area contributed by atoms with E-state index in [0.29, 0.717) is 0 Å². The van der Waals surface area contributed by atoms with E-state index in [2.05, 4.69) is 0 Å². The van der Waals surface area contributed by atoms with Crippen molar-refractivity contribution in [1.82, 2.24) is 0 Å². The summed E-state index contributed by atoms with van der Waals surface area (Å²) in [5.74, 6) is -1.91. The summed E-state index contributed by atoms with van der Waals surface area (Å²) in [6, 6.07) is 0. The van der Waals surface area contributed by atoms with Crippen LogP contribution in [0.3, 0.4) is 0 Å². The topological polar surface area (TPSA) is 54.4 Å². The lowest BCUT2D eigenvalue weighted by atomic mass is 9.98. The lowest BCUT2D eigenvalue weighted by Crippen LogP contribution is -2.46. The first-order valence-corrected chi connectivity index (χ1v) is 8.53. The van der Waals surface area contributed by atoms with Crippen molar-refractivity contribution in [2.75, 3.05) is 12.4 Å². The summed E-state index contributed by atoms with van der Waals surface area (Å²) in [6.45, 7) is -0.837. The summed E-state index contributed by atoms with van der Waals surface area (Å²) < 4.78 is 134. The number of rotatable bonds is 12. The summed E-state index contributed by atoms with van der Waals surface area (Å²) in [5, 5.41) is 0. The third-order valence-electron chi connectivity index (χ3n) is 3.14. The molecule has 0 radical (unpaired) electrons. The van der Waals surface area contributed by atoms with E-state index in [4.69, 9.17) is 4.55 Å². The minimum atomic E-state index is -5.05. The van der Waals surface area contributed by atoms with E-state index < -0.39 is 72.2 Å². The van der Waals surface area contributed by atoms with Gasteiger partial charge in [-0.2, -0.15) is 8.42 Å². The van der Waals surface area contributed by atoms with Crippen LogP contribution in [0.5, 0.6) is 0 Å². The van der Waals surface area contributed by atoms with Gasteiger partial charge < -0.3 is 0 Å². The number of alkyl halides is 8. The number of unbranched alkanes of at least 4 members (excludes halogenated alkanes) is 1. The molecule has 0 bridgehead atoms. The van der Waals surface area contributed by atoms with Gasteiger partial charge >= 0.3 is 0 Å². The van der Waals surface area contributed by atoms with E-state index in [1.807, 2.05) is 0 Å². The molecule has 0 aliphatic heterocycles. The molecule has 146 valence electrons. The fourth-order valence-corrected chi connectivity index (χ4v) is 2.40. The zero-order chi connectivity index (χ0) is 19.1. The Bertz CT molecular complexity index is 452. The lowest BCUT2D eigenvalue weighted by Gasteiger charge is -2.25. The summed E-state index contributed by atoms with van der Waals surface area (Å²) in [4.78, 5) is 0. The number of hydrogen-bond acceptors (Lipinski definition) is 2. The predicted molar refractivity (Wildman–Crippen MR) is 70.5 cm³/mol. The van der Waals surface area contributed by atoms with Crippen LogP contribution in [0.25, 0.3) is 0 Å². The zero-order valence-electron chi connectivity index (χ0n) is 12.3. The second-order valence-electron chi connectivity index (χ2n) is 5.19. The normalized spacial score (nSPS) is 21.5. The third-order valence-corrected chi connectivity index (χ3v) is 3.88. The highest BCUT2D eigenvalue weighted by Gasteiger charge is 2.46. The van der Waals surface area contributed by atoms with Gasteiger partial charge in [0.15, 0.2) is 37.0 Å². The number of halogens is 8. The van der Waals surface area contributed by atoms with E-state index in [1.165, 1.54) is 0 Å². The highest BCUT2D eigenvalue weighted by atomic mass is 32.2. The lowest BCUT2D eigenvalue weighted by molar-refractivity contribution is -0.0336. The van der Waals surface area contributed by atoms with E-state index in [9.17, 15) is 43.5 Å². The molecular weight excluding hydrogens is 376 g/mol. The van der Waals surface area contributed by atoms with E-state index in [-0.39, 0.29) is 12.8 Å². The smallest absolute Gasteiger partial charge is 0.267 e. The Labute approximate surface area is 134 Å². The van der Waals surface area contributed by atoms with E-state index in [1.54, 1.807) is 0 Å². The van der Waals surface area contributed by atoms with Crippen molar-refractivity contribution in [3.05, 3.63) is 0 Å². The van der Waals surface area contributed by atoms with Crippen LogP contribution in [0.4, 0.5) is 35.1 Å². The average molecular weight is 394 g/mol. The van der Waals surface area contributed by atoms with Gasteiger partial charge in [-0.15, -0.1) is 0 Å². The molecular formula is C12H18F8O3S. The molecule has 3 nitrogen and oxygen atoms in total. The van der Waals surface area contributed by atoms with Crippen LogP contribution in [0.1, 0.15) is 19.3 Å². The predicted octanol–water partition coefficient (Wildman–Crippen LogP) is 3.38. The van der Waals surface area contributed by atoms with Gasteiger partial charge in [0.05, 0.1) is 6.67 Å².